The zero-order valence-corrected chi connectivity index (χ0v) is 10.5. The highest BCUT2D eigenvalue weighted by Crippen LogP contribution is 2.12. The van der Waals surface area contributed by atoms with Gasteiger partial charge in [-0.15, -0.1) is 5.10 Å². The molecule has 4 N–H and O–H groups in total. The molecule has 2 rings (SSSR count). The van der Waals surface area contributed by atoms with E-state index in [2.05, 4.69) is 29.3 Å². The fraction of sp³-hybridized carbons (Fsp3) is 0.300. The summed E-state index contributed by atoms with van der Waals surface area (Å²) in [5.41, 5.74) is 10.3. The molecule has 2 aromatic rings. The molecule has 1 amide bonds. The number of aromatic nitrogens is 5. The van der Waals surface area contributed by atoms with Crippen molar-refractivity contribution >= 4 is 22.8 Å². The molecule has 0 atom stereocenters. The number of hydrogen-bond donors (Lipinski definition) is 2. The van der Waals surface area contributed by atoms with Crippen LogP contribution in [0.4, 0.5) is 5.82 Å². The maximum absolute atomic E-state index is 12.2. The Morgan fingerprint density at radius 3 is 2.70 bits per heavy atom. The van der Waals surface area contributed by atoms with Gasteiger partial charge in [0.2, 0.25) is 5.91 Å². The second-order valence-corrected chi connectivity index (χ2v) is 4.02. The van der Waals surface area contributed by atoms with Crippen LogP contribution in [0.3, 0.4) is 0 Å². The van der Waals surface area contributed by atoms with Crippen LogP contribution < -0.4 is 17.0 Å². The molecule has 0 unspecified atom stereocenters. The molecule has 0 saturated carbocycles. The molecule has 0 aliphatic carbocycles. The third-order valence-electron chi connectivity index (χ3n) is 2.38. The highest BCUT2D eigenvalue weighted by Gasteiger charge is 2.17. The molecule has 10 nitrogen and oxygen atoms in total. The number of carbonyl (C=O) groups is 1. The smallest absolute Gasteiger partial charge is 0.298 e. The Balaban J connectivity index is 2.52. The van der Waals surface area contributed by atoms with Gasteiger partial charge in [0.05, 0.1) is 6.10 Å². The highest BCUT2D eigenvalue weighted by atomic mass is 16.5. The highest BCUT2D eigenvalue weighted by molar-refractivity contribution is 5.85. The Labute approximate surface area is 113 Å². The Morgan fingerprint density at radius 1 is 1.40 bits per heavy atom. The summed E-state index contributed by atoms with van der Waals surface area (Å²) in [7, 11) is 0. The van der Waals surface area contributed by atoms with Crippen molar-refractivity contribution in [1.82, 2.24) is 24.8 Å². The van der Waals surface area contributed by atoms with Crippen molar-refractivity contribution in [3.63, 3.8) is 0 Å². The molecule has 0 fully saturated rings. The van der Waals surface area contributed by atoms with Crippen LogP contribution in [0.15, 0.2) is 4.79 Å². The molecular formula is C10H13N7O3. The first-order valence-corrected chi connectivity index (χ1v) is 5.56. The van der Waals surface area contributed by atoms with Gasteiger partial charge in [-0.05, 0) is 13.8 Å². The summed E-state index contributed by atoms with van der Waals surface area (Å²) in [6.45, 7) is 6.55. The first-order valence-electron chi connectivity index (χ1n) is 5.56. The minimum absolute atomic E-state index is 0.00823. The number of primary amides is 1. The third kappa shape index (κ3) is 2.59. The molecule has 0 spiro atoms. The lowest BCUT2D eigenvalue weighted by molar-refractivity contribution is -0.118. The van der Waals surface area contributed by atoms with Crippen LogP contribution in [-0.4, -0.2) is 36.8 Å². The summed E-state index contributed by atoms with van der Waals surface area (Å²) in [5.74, 6) is -0.671. The average molecular weight is 279 g/mol. The summed E-state index contributed by atoms with van der Waals surface area (Å²) in [6, 6.07) is 0. The topological polar surface area (TPSA) is 144 Å². The lowest BCUT2D eigenvalue weighted by Gasteiger charge is -2.08. The zero-order valence-electron chi connectivity index (χ0n) is 10.5. The van der Waals surface area contributed by atoms with Gasteiger partial charge in [0.15, 0.2) is 16.9 Å². The summed E-state index contributed by atoms with van der Waals surface area (Å²) in [6.07, 6.45) is -0.569. The lowest BCUT2D eigenvalue weighted by Crippen LogP contribution is -2.29. The average Bonchev–Trinajstić information content (AvgIpc) is 2.65. The normalized spacial score (nSPS) is 11.3. The van der Waals surface area contributed by atoms with E-state index in [4.69, 9.17) is 16.2 Å². The Kier molecular flexibility index (Phi) is 3.66. The molecule has 2 aromatic heterocycles. The van der Waals surface area contributed by atoms with E-state index in [-0.39, 0.29) is 30.1 Å². The Hall–Kier alpha value is -2.49. The van der Waals surface area contributed by atoms with Crippen LogP contribution in [0, 0.1) is 13.8 Å². The number of nitrogens with zero attached hydrogens (tertiary/aromatic N) is 5. The number of fused-ring (bicyclic) bond motifs is 1. The van der Waals surface area contributed by atoms with Gasteiger partial charge in [0, 0.05) is 0 Å². The van der Waals surface area contributed by atoms with E-state index in [0.29, 0.717) is 0 Å². The molecule has 2 heterocycles. The number of carbonyl (C=O) groups excluding carboxylic acids is 1. The molecule has 20 heavy (non-hydrogen) atoms. The maximum atomic E-state index is 12.2. The van der Waals surface area contributed by atoms with Crippen LogP contribution in [0.5, 0.6) is 0 Å². The minimum atomic E-state index is -0.663. The van der Waals surface area contributed by atoms with Gasteiger partial charge in [0.1, 0.15) is 13.3 Å². The second-order valence-electron chi connectivity index (χ2n) is 4.02. The van der Waals surface area contributed by atoms with E-state index in [1.807, 2.05) is 0 Å². The van der Waals surface area contributed by atoms with Crippen LogP contribution in [0.2, 0.25) is 0 Å². The molecule has 0 aliphatic rings. The summed E-state index contributed by atoms with van der Waals surface area (Å²) in [4.78, 5) is 23.2. The van der Waals surface area contributed by atoms with Gasteiger partial charge >= 0.3 is 0 Å². The predicted octanol–water partition coefficient (Wildman–Crippen LogP) is -1.93. The van der Waals surface area contributed by atoms with Gasteiger partial charge < -0.3 is 16.2 Å². The van der Waals surface area contributed by atoms with Crippen LogP contribution >= 0.6 is 0 Å². The number of rotatable bonds is 5. The van der Waals surface area contributed by atoms with Gasteiger partial charge in [-0.25, -0.2) is 4.68 Å². The predicted molar refractivity (Wildman–Crippen MR) is 68.8 cm³/mol. The van der Waals surface area contributed by atoms with E-state index in [9.17, 15) is 9.59 Å². The van der Waals surface area contributed by atoms with Crippen LogP contribution in [-0.2, 0) is 22.8 Å². The maximum Gasteiger partial charge on any atom is 0.298 e. The van der Waals surface area contributed by atoms with E-state index in [0.717, 1.165) is 9.36 Å². The number of hydrogen-bond acceptors (Lipinski definition) is 7. The van der Waals surface area contributed by atoms with E-state index >= 15 is 0 Å². The molecular weight excluding hydrogens is 266 g/mol. The molecule has 0 aliphatic heterocycles. The molecule has 10 heteroatoms. The largest absolute Gasteiger partial charge is 0.380 e. The monoisotopic (exact) mass is 279 g/mol. The number of anilines is 1. The summed E-state index contributed by atoms with van der Waals surface area (Å²) in [5, 5.41) is 11.3. The van der Waals surface area contributed by atoms with Crippen molar-refractivity contribution in [2.24, 2.45) is 5.73 Å². The molecule has 2 radical (unpaired) electrons. The molecule has 0 bridgehead atoms. The number of nitrogen functional groups attached to an aromatic ring is 1. The van der Waals surface area contributed by atoms with E-state index < -0.39 is 17.6 Å². The Morgan fingerprint density at radius 2 is 2.10 bits per heavy atom. The Bertz CT molecular complexity index is 703. The number of ether oxygens (including phenoxy) is 1. The summed E-state index contributed by atoms with van der Waals surface area (Å²) < 4.78 is 7.11. The van der Waals surface area contributed by atoms with Crippen LogP contribution in [0.25, 0.3) is 11.0 Å². The molecule has 0 saturated heterocycles. The van der Waals surface area contributed by atoms with Gasteiger partial charge in [-0.1, -0.05) is 5.21 Å². The molecule has 106 valence electrons. The van der Waals surface area contributed by atoms with Crippen molar-refractivity contribution in [2.75, 3.05) is 5.73 Å². The zero-order chi connectivity index (χ0) is 14.9. The van der Waals surface area contributed by atoms with Crippen LogP contribution in [0.1, 0.15) is 0 Å². The quantitative estimate of drug-likeness (QED) is 0.648. The first-order chi connectivity index (χ1) is 9.40. The molecule has 0 aromatic carbocycles. The van der Waals surface area contributed by atoms with Gasteiger partial charge in [-0.2, -0.15) is 9.78 Å². The first kappa shape index (κ1) is 13.9. The standard InChI is InChI=1S/C10H13N7O3/c1-5(2)20-4-17-10(19)8-7(13-15-17)9(12)14-16(8)3-6(11)18/h5H,1-4H2,(H2,11,18)(H2,12,14). The van der Waals surface area contributed by atoms with Crippen molar-refractivity contribution < 1.29 is 9.53 Å². The van der Waals surface area contributed by atoms with E-state index in [1.165, 1.54) is 0 Å². The SMILES string of the molecule is [CH2]C([CH2])OCn1nnc2c(N)nn(CC(N)=O)c2c1=O. The van der Waals surface area contributed by atoms with Crippen molar-refractivity contribution in [3.8, 4) is 0 Å². The summed E-state index contributed by atoms with van der Waals surface area (Å²) >= 11 is 0. The van der Waals surface area contributed by atoms with Crippen molar-refractivity contribution in [2.45, 2.75) is 19.4 Å². The fourth-order valence-corrected chi connectivity index (χ4v) is 1.57. The number of nitrogens with two attached hydrogens (primary N) is 2. The van der Waals surface area contributed by atoms with Crippen molar-refractivity contribution in [3.05, 3.63) is 24.2 Å². The third-order valence-corrected chi connectivity index (χ3v) is 2.38. The lowest BCUT2D eigenvalue weighted by atomic mass is 10.4. The number of amides is 1. The second kappa shape index (κ2) is 5.25. The minimum Gasteiger partial charge on any atom is -0.380 e. The van der Waals surface area contributed by atoms with E-state index in [1.54, 1.807) is 0 Å². The fourth-order valence-electron chi connectivity index (χ4n) is 1.57. The van der Waals surface area contributed by atoms with Crippen molar-refractivity contribution in [1.29, 1.82) is 0 Å². The van der Waals surface area contributed by atoms with Gasteiger partial charge in [-0.3, -0.25) is 9.59 Å². The van der Waals surface area contributed by atoms with Gasteiger partial charge in [0.25, 0.3) is 5.56 Å².